The second-order valence-electron chi connectivity index (χ2n) is 14.1. The fraction of sp³-hybridized carbons (Fsp3) is 0.486. The maximum absolute atomic E-state index is 14.0. The quantitative estimate of drug-likeness (QED) is 0.234. The number of benzene rings is 2. The number of amides is 4. The van der Waals surface area contributed by atoms with Crippen LogP contribution in [0.15, 0.2) is 67.1 Å². The zero-order valence-electron chi connectivity index (χ0n) is 30.0. The highest BCUT2D eigenvalue weighted by atomic mass is 16.6. The number of para-hydroxylation sites is 1. The van der Waals surface area contributed by atoms with E-state index < -0.39 is 41.1 Å². The summed E-state index contributed by atoms with van der Waals surface area (Å²) in [5.41, 5.74) is -0.654. The molecule has 0 radical (unpaired) electrons. The van der Waals surface area contributed by atoms with Gasteiger partial charge in [0.15, 0.2) is 5.82 Å². The Morgan fingerprint density at radius 2 is 1.62 bits per heavy atom. The number of anilines is 1. The number of piperidine rings is 1. The topological polar surface area (TPSA) is 153 Å². The largest absolute Gasteiger partial charge is 0.496 e. The van der Waals surface area contributed by atoms with Crippen molar-refractivity contribution in [2.45, 2.75) is 84.2 Å². The van der Waals surface area contributed by atoms with Gasteiger partial charge in [-0.15, -0.1) is 0 Å². The molecule has 0 aliphatic carbocycles. The number of carbonyl (C=O) groups is 4. The Morgan fingerprint density at radius 1 is 0.960 bits per heavy atom. The van der Waals surface area contributed by atoms with Crippen LogP contribution >= 0.6 is 0 Å². The number of ether oxygens (including phenoxy) is 3. The van der Waals surface area contributed by atoms with E-state index in [0.29, 0.717) is 30.3 Å². The predicted molar refractivity (Wildman–Crippen MR) is 188 cm³/mol. The Balaban J connectivity index is 1.54. The Morgan fingerprint density at radius 3 is 2.28 bits per heavy atom. The first-order valence-corrected chi connectivity index (χ1v) is 16.9. The lowest BCUT2D eigenvalue weighted by Gasteiger charge is -2.33. The molecule has 13 heteroatoms. The number of rotatable bonds is 13. The summed E-state index contributed by atoms with van der Waals surface area (Å²) in [6, 6.07) is 14.8. The second kappa shape index (κ2) is 16.7. The minimum absolute atomic E-state index is 0.101. The average molecular weight is 691 g/mol. The van der Waals surface area contributed by atoms with Gasteiger partial charge in [-0.25, -0.2) is 9.78 Å². The van der Waals surface area contributed by atoms with E-state index in [1.54, 1.807) is 44.7 Å². The van der Waals surface area contributed by atoms with E-state index in [0.717, 1.165) is 18.4 Å². The lowest BCUT2D eigenvalue weighted by atomic mass is 9.97. The van der Waals surface area contributed by atoms with Gasteiger partial charge in [0.2, 0.25) is 11.8 Å². The summed E-state index contributed by atoms with van der Waals surface area (Å²) in [6.45, 7) is 11.7. The first-order chi connectivity index (χ1) is 23.7. The molecule has 4 rings (SSSR count). The second-order valence-corrected chi connectivity index (χ2v) is 14.1. The van der Waals surface area contributed by atoms with Crippen molar-refractivity contribution in [1.82, 2.24) is 25.1 Å². The van der Waals surface area contributed by atoms with Crippen LogP contribution in [0.3, 0.4) is 0 Å². The average Bonchev–Trinajstić information content (AvgIpc) is 3.51. The first-order valence-electron chi connectivity index (χ1n) is 16.9. The predicted octanol–water partition coefficient (Wildman–Crippen LogP) is 4.68. The number of aromatic nitrogens is 2. The van der Waals surface area contributed by atoms with Crippen molar-refractivity contribution in [3.05, 3.63) is 78.2 Å². The van der Waals surface area contributed by atoms with Crippen LogP contribution in [0.1, 0.15) is 71.6 Å². The van der Waals surface area contributed by atoms with Gasteiger partial charge in [-0.05, 0) is 65.0 Å². The molecular weight excluding hydrogens is 640 g/mol. The van der Waals surface area contributed by atoms with E-state index in [1.807, 2.05) is 53.4 Å². The number of imidazole rings is 1. The van der Waals surface area contributed by atoms with Gasteiger partial charge in [0.05, 0.1) is 26.7 Å². The first kappa shape index (κ1) is 37.9. The molecule has 1 aliphatic rings. The van der Waals surface area contributed by atoms with E-state index in [9.17, 15) is 19.2 Å². The van der Waals surface area contributed by atoms with Crippen LogP contribution in [0.2, 0.25) is 0 Å². The highest BCUT2D eigenvalue weighted by molar-refractivity contribution is 5.98. The molecule has 2 aromatic carbocycles. The number of methoxy groups -OCH3 is 1. The van der Waals surface area contributed by atoms with E-state index >= 15 is 0 Å². The smallest absolute Gasteiger partial charge is 0.408 e. The zero-order valence-corrected chi connectivity index (χ0v) is 30.0. The third-order valence-corrected chi connectivity index (χ3v) is 8.31. The summed E-state index contributed by atoms with van der Waals surface area (Å²) < 4.78 is 18.5. The molecule has 270 valence electrons. The van der Waals surface area contributed by atoms with E-state index in [4.69, 9.17) is 14.2 Å². The molecule has 1 fully saturated rings. The standard InChI is InChI=1S/C37H50N6O7/c1-25-17-19-42(20-18-25)33(45)31(27-15-11-12-16-29(27)48-7)43-21-30(38-24-43)40-32(44)28(23-49-22-26-13-9-8-10-14-26)39-34(46)37(5,6)41-35(47)50-36(2,3)4/h8-16,21,24-25,28,31H,17-20,22-23H2,1-7H3,(H,39,46)(H,40,44)(H,41,47)/t28-,31?/m1/s1. The molecule has 1 aromatic heterocycles. The van der Waals surface area contributed by atoms with Crippen molar-refractivity contribution in [3.8, 4) is 5.75 Å². The molecule has 0 saturated carbocycles. The van der Waals surface area contributed by atoms with Gasteiger partial charge < -0.3 is 39.6 Å². The number of hydrogen-bond acceptors (Lipinski definition) is 8. The van der Waals surface area contributed by atoms with Gasteiger partial charge in [0.1, 0.15) is 29.0 Å². The third kappa shape index (κ3) is 10.5. The number of nitrogens with one attached hydrogen (secondary N) is 3. The SMILES string of the molecule is COc1ccccc1C(C(=O)N1CCC(C)CC1)n1cnc(NC(=O)[C@@H](COCc2ccccc2)NC(=O)C(C)(C)NC(=O)OC(C)(C)C)c1. The highest BCUT2D eigenvalue weighted by Gasteiger charge is 2.35. The lowest BCUT2D eigenvalue weighted by Crippen LogP contribution is -2.59. The van der Waals surface area contributed by atoms with Gasteiger partial charge >= 0.3 is 6.09 Å². The van der Waals surface area contributed by atoms with Gasteiger partial charge in [-0.2, -0.15) is 0 Å². The molecular formula is C37H50N6O7. The Hall–Kier alpha value is -4.91. The molecule has 2 atom stereocenters. The van der Waals surface area contributed by atoms with E-state index in [2.05, 4.69) is 27.9 Å². The number of alkyl carbamates (subject to hydrolysis) is 1. The molecule has 0 bridgehead atoms. The summed E-state index contributed by atoms with van der Waals surface area (Å²) in [5.74, 6) is -0.0664. The summed E-state index contributed by atoms with van der Waals surface area (Å²) in [7, 11) is 1.56. The normalized spacial score (nSPS) is 15.1. The molecule has 1 saturated heterocycles. The lowest BCUT2D eigenvalue weighted by molar-refractivity contribution is -0.135. The van der Waals surface area contributed by atoms with Crippen LogP contribution in [0.5, 0.6) is 5.75 Å². The molecule has 0 spiro atoms. The Bertz CT molecular complexity index is 1610. The molecule has 1 unspecified atom stereocenters. The van der Waals surface area contributed by atoms with Gasteiger partial charge in [0, 0.05) is 24.8 Å². The fourth-order valence-electron chi connectivity index (χ4n) is 5.48. The van der Waals surface area contributed by atoms with Crippen molar-refractivity contribution >= 4 is 29.6 Å². The summed E-state index contributed by atoms with van der Waals surface area (Å²) in [6.07, 6.45) is 4.13. The number of hydrogen-bond donors (Lipinski definition) is 3. The molecule has 3 aromatic rings. The van der Waals surface area contributed by atoms with Crippen LogP contribution in [-0.2, 0) is 30.5 Å². The van der Waals surface area contributed by atoms with Crippen LogP contribution in [0, 0.1) is 5.92 Å². The number of nitrogens with zero attached hydrogens (tertiary/aromatic N) is 3. The minimum Gasteiger partial charge on any atom is -0.496 e. The van der Waals surface area contributed by atoms with Crippen LogP contribution in [0.4, 0.5) is 10.6 Å². The fourth-order valence-corrected chi connectivity index (χ4v) is 5.48. The van der Waals surface area contributed by atoms with Crippen molar-refractivity contribution < 1.29 is 33.4 Å². The van der Waals surface area contributed by atoms with Gasteiger partial charge in [0.25, 0.3) is 5.91 Å². The molecule has 13 nitrogen and oxygen atoms in total. The van der Waals surface area contributed by atoms with Crippen molar-refractivity contribution in [1.29, 1.82) is 0 Å². The van der Waals surface area contributed by atoms with Crippen LogP contribution < -0.4 is 20.7 Å². The summed E-state index contributed by atoms with van der Waals surface area (Å²) in [4.78, 5) is 59.9. The van der Waals surface area contributed by atoms with Gasteiger partial charge in [-0.3, -0.25) is 14.4 Å². The monoisotopic (exact) mass is 690 g/mol. The van der Waals surface area contributed by atoms with Crippen molar-refractivity contribution in [3.63, 3.8) is 0 Å². The molecule has 2 heterocycles. The zero-order chi connectivity index (χ0) is 36.5. The number of carbonyl (C=O) groups excluding carboxylic acids is 4. The maximum atomic E-state index is 14.0. The molecule has 50 heavy (non-hydrogen) atoms. The summed E-state index contributed by atoms with van der Waals surface area (Å²) in [5, 5.41) is 8.04. The molecule has 3 N–H and O–H groups in total. The minimum atomic E-state index is -1.43. The Labute approximate surface area is 294 Å². The van der Waals surface area contributed by atoms with Crippen LogP contribution in [0.25, 0.3) is 0 Å². The van der Waals surface area contributed by atoms with Crippen molar-refractivity contribution in [2.75, 3.05) is 32.1 Å². The van der Waals surface area contributed by atoms with Crippen molar-refractivity contribution in [2.24, 2.45) is 5.92 Å². The maximum Gasteiger partial charge on any atom is 0.408 e. The molecule has 1 aliphatic heterocycles. The molecule has 4 amide bonds. The number of likely N-dealkylation sites (tertiary alicyclic amines) is 1. The van der Waals surface area contributed by atoms with Gasteiger partial charge in [-0.1, -0.05) is 55.5 Å². The van der Waals surface area contributed by atoms with Crippen LogP contribution in [-0.4, -0.2) is 82.3 Å². The Kier molecular flexibility index (Phi) is 12.6. The van der Waals surface area contributed by atoms with E-state index in [1.165, 1.54) is 20.2 Å². The third-order valence-electron chi connectivity index (χ3n) is 8.31. The van der Waals surface area contributed by atoms with E-state index in [-0.39, 0.29) is 24.9 Å². The highest BCUT2D eigenvalue weighted by Crippen LogP contribution is 2.31. The summed E-state index contributed by atoms with van der Waals surface area (Å²) >= 11 is 0.